The van der Waals surface area contributed by atoms with Crippen LogP contribution in [0.4, 0.5) is 0 Å². The average Bonchev–Trinajstić information content (AvgIpc) is 3.07. The van der Waals surface area contributed by atoms with E-state index in [0.29, 0.717) is 30.0 Å². The van der Waals surface area contributed by atoms with Gasteiger partial charge in [-0.1, -0.05) is 12.8 Å². The van der Waals surface area contributed by atoms with Gasteiger partial charge >= 0.3 is 5.97 Å². The van der Waals surface area contributed by atoms with E-state index < -0.39 is 5.97 Å². The van der Waals surface area contributed by atoms with Crippen molar-refractivity contribution in [2.24, 2.45) is 11.8 Å². The van der Waals surface area contributed by atoms with E-state index in [1.54, 1.807) is 19.1 Å². The molecule has 2 atom stereocenters. The molecule has 0 aromatic carbocycles. The Morgan fingerprint density at radius 1 is 1.36 bits per heavy atom. The van der Waals surface area contributed by atoms with Crippen molar-refractivity contribution < 1.29 is 9.53 Å². The first-order valence-corrected chi connectivity index (χ1v) is 7.99. The first kappa shape index (κ1) is 13.5. The fourth-order valence-electron chi connectivity index (χ4n) is 3.92. The van der Waals surface area contributed by atoms with Gasteiger partial charge in [0.25, 0.3) is 5.56 Å². The number of esters is 1. The van der Waals surface area contributed by atoms with Crippen LogP contribution in [0.3, 0.4) is 0 Å². The molecule has 0 amide bonds. The van der Waals surface area contributed by atoms with Crippen molar-refractivity contribution >= 4 is 11.6 Å². The molecule has 6 nitrogen and oxygen atoms in total. The van der Waals surface area contributed by atoms with Crippen molar-refractivity contribution in [1.29, 1.82) is 0 Å². The average molecular weight is 301 g/mol. The molecule has 22 heavy (non-hydrogen) atoms. The zero-order valence-corrected chi connectivity index (χ0v) is 12.5. The third-order valence-corrected chi connectivity index (χ3v) is 4.96. The van der Waals surface area contributed by atoms with Crippen LogP contribution in [0.5, 0.6) is 0 Å². The Hall–Kier alpha value is -2.11. The summed E-state index contributed by atoms with van der Waals surface area (Å²) in [5.41, 5.74) is 1.47. The van der Waals surface area contributed by atoms with E-state index in [1.807, 2.05) is 0 Å². The Morgan fingerprint density at radius 3 is 2.77 bits per heavy atom. The van der Waals surface area contributed by atoms with E-state index in [4.69, 9.17) is 4.74 Å². The van der Waals surface area contributed by atoms with Gasteiger partial charge < -0.3 is 4.74 Å². The molecule has 6 heteroatoms. The molecule has 0 aliphatic heterocycles. The van der Waals surface area contributed by atoms with Crippen molar-refractivity contribution in [3.63, 3.8) is 0 Å². The molecule has 0 radical (unpaired) electrons. The van der Waals surface area contributed by atoms with Crippen LogP contribution in [-0.4, -0.2) is 27.2 Å². The molecule has 0 saturated heterocycles. The number of aromatic nitrogens is 3. The smallest absolute Gasteiger partial charge is 0.356 e. The molecule has 2 unspecified atom stereocenters. The lowest BCUT2D eigenvalue weighted by atomic mass is 10.0. The zero-order chi connectivity index (χ0) is 15.3. The molecule has 4 rings (SSSR count). The quantitative estimate of drug-likeness (QED) is 0.881. The molecule has 2 aliphatic carbocycles. The second-order valence-corrected chi connectivity index (χ2v) is 6.24. The number of hydrogen-bond donors (Lipinski definition) is 1. The van der Waals surface area contributed by atoms with Crippen LogP contribution in [-0.2, 0) is 4.74 Å². The summed E-state index contributed by atoms with van der Waals surface area (Å²) in [6.45, 7) is 2.05. The summed E-state index contributed by atoms with van der Waals surface area (Å²) in [6.07, 6.45) is 5.07. The number of nitrogens with one attached hydrogen (secondary N) is 1. The fourth-order valence-corrected chi connectivity index (χ4v) is 3.92. The number of aromatic amines is 1. The minimum Gasteiger partial charge on any atom is -0.461 e. The normalized spacial score (nSPS) is 26.7. The van der Waals surface area contributed by atoms with Gasteiger partial charge in [0.15, 0.2) is 5.65 Å². The van der Waals surface area contributed by atoms with Gasteiger partial charge in [0.2, 0.25) is 0 Å². The number of rotatable bonds is 3. The Kier molecular flexibility index (Phi) is 3.06. The number of hydrogen-bond acceptors (Lipinski definition) is 4. The van der Waals surface area contributed by atoms with E-state index in [1.165, 1.54) is 30.2 Å². The summed E-state index contributed by atoms with van der Waals surface area (Å²) in [7, 11) is 0. The standard InChI is InChI=1S/C16H19N3O3/c1-2-22-16(21)12-7-13-17-11(8-14(20)19(13)18-12)15-9-5-3-4-6-10(9)15/h7-10,15,18H,2-6H2,1H3. The summed E-state index contributed by atoms with van der Waals surface area (Å²) in [6, 6.07) is 3.20. The minimum atomic E-state index is -0.464. The molecule has 2 aliphatic rings. The van der Waals surface area contributed by atoms with Gasteiger partial charge in [-0.2, -0.15) is 0 Å². The number of fused-ring (bicyclic) bond motifs is 2. The van der Waals surface area contributed by atoms with Gasteiger partial charge in [-0.15, -0.1) is 0 Å². The molecular weight excluding hydrogens is 282 g/mol. The topological polar surface area (TPSA) is 76.5 Å². The molecule has 1 N–H and O–H groups in total. The van der Waals surface area contributed by atoms with Crippen molar-refractivity contribution in [2.45, 2.75) is 38.5 Å². The van der Waals surface area contributed by atoms with Crippen molar-refractivity contribution in [3.8, 4) is 0 Å². The van der Waals surface area contributed by atoms with Gasteiger partial charge in [0.1, 0.15) is 5.69 Å². The fraction of sp³-hybridized carbons (Fsp3) is 0.562. The predicted octanol–water partition coefficient (Wildman–Crippen LogP) is 2.10. The van der Waals surface area contributed by atoms with Crippen LogP contribution < -0.4 is 5.56 Å². The van der Waals surface area contributed by atoms with Crippen LogP contribution in [0.15, 0.2) is 16.9 Å². The molecule has 116 valence electrons. The first-order chi connectivity index (χ1) is 10.7. The Labute approximate surface area is 127 Å². The Morgan fingerprint density at radius 2 is 2.09 bits per heavy atom. The van der Waals surface area contributed by atoms with Crippen LogP contribution in [0, 0.1) is 11.8 Å². The maximum atomic E-state index is 12.3. The van der Waals surface area contributed by atoms with Crippen molar-refractivity contribution in [2.75, 3.05) is 6.61 Å². The second-order valence-electron chi connectivity index (χ2n) is 6.24. The first-order valence-electron chi connectivity index (χ1n) is 7.99. The molecule has 0 bridgehead atoms. The van der Waals surface area contributed by atoms with Gasteiger partial charge in [-0.3, -0.25) is 9.89 Å². The van der Waals surface area contributed by atoms with Crippen LogP contribution in [0.25, 0.3) is 5.65 Å². The second kappa shape index (κ2) is 4.97. The highest BCUT2D eigenvalue weighted by molar-refractivity contribution is 5.88. The van der Waals surface area contributed by atoms with Gasteiger partial charge in [0.05, 0.1) is 12.3 Å². The van der Waals surface area contributed by atoms with Crippen LogP contribution in [0.2, 0.25) is 0 Å². The summed E-state index contributed by atoms with van der Waals surface area (Å²) < 4.78 is 6.26. The molecule has 2 fully saturated rings. The molecular formula is C16H19N3O3. The van der Waals surface area contributed by atoms with Crippen molar-refractivity contribution in [3.05, 3.63) is 33.9 Å². The lowest BCUT2D eigenvalue weighted by Crippen LogP contribution is -2.16. The third kappa shape index (κ3) is 2.05. The highest BCUT2D eigenvalue weighted by atomic mass is 16.5. The third-order valence-electron chi connectivity index (χ3n) is 4.96. The number of nitrogens with zero attached hydrogens (tertiary/aromatic N) is 2. The van der Waals surface area contributed by atoms with Gasteiger partial charge in [-0.05, 0) is 31.6 Å². The Bertz CT molecular complexity index is 780. The van der Waals surface area contributed by atoms with Gasteiger partial charge in [-0.25, -0.2) is 14.3 Å². The number of H-pyrrole nitrogens is 1. The maximum Gasteiger partial charge on any atom is 0.356 e. The largest absolute Gasteiger partial charge is 0.461 e. The monoisotopic (exact) mass is 301 g/mol. The summed E-state index contributed by atoms with van der Waals surface area (Å²) in [4.78, 5) is 28.6. The highest BCUT2D eigenvalue weighted by Crippen LogP contribution is 2.60. The number of carbonyl (C=O) groups is 1. The predicted molar refractivity (Wildman–Crippen MR) is 80.0 cm³/mol. The SMILES string of the molecule is CCOC(=O)c1cc2nc(C3C4CCCCC43)cc(=O)n2[nH]1. The van der Waals surface area contributed by atoms with Crippen molar-refractivity contribution in [1.82, 2.24) is 14.6 Å². The Balaban J connectivity index is 1.70. The maximum absolute atomic E-state index is 12.3. The minimum absolute atomic E-state index is 0.167. The zero-order valence-electron chi connectivity index (χ0n) is 12.5. The van der Waals surface area contributed by atoms with Crippen LogP contribution >= 0.6 is 0 Å². The molecule has 2 saturated carbocycles. The summed E-state index contributed by atoms with van der Waals surface area (Å²) in [5.74, 6) is 1.37. The highest BCUT2D eigenvalue weighted by Gasteiger charge is 2.52. The lowest BCUT2D eigenvalue weighted by molar-refractivity contribution is 0.0519. The number of carbonyl (C=O) groups excluding carboxylic acids is 1. The number of ether oxygens (including phenoxy) is 1. The van der Waals surface area contributed by atoms with E-state index >= 15 is 0 Å². The molecule has 2 heterocycles. The molecule has 2 aromatic heterocycles. The molecule has 0 spiro atoms. The summed E-state index contributed by atoms with van der Waals surface area (Å²) >= 11 is 0. The van der Waals surface area contributed by atoms with E-state index in [2.05, 4.69) is 10.1 Å². The summed E-state index contributed by atoms with van der Waals surface area (Å²) in [5, 5.41) is 2.76. The molecule has 2 aromatic rings. The van der Waals surface area contributed by atoms with E-state index in [9.17, 15) is 9.59 Å². The van der Waals surface area contributed by atoms with E-state index in [0.717, 1.165) is 5.69 Å². The lowest BCUT2D eigenvalue weighted by Gasteiger charge is -2.04. The van der Waals surface area contributed by atoms with Crippen LogP contribution in [0.1, 0.15) is 54.7 Å². The van der Waals surface area contributed by atoms with Gasteiger partial charge in [0, 0.05) is 18.1 Å². The van der Waals surface area contributed by atoms with E-state index in [-0.39, 0.29) is 11.3 Å².